The smallest absolute Gasteiger partial charge is 0.187 e. The van der Waals surface area contributed by atoms with Gasteiger partial charge in [0.15, 0.2) is 5.41 Å². The van der Waals surface area contributed by atoms with Crippen molar-refractivity contribution in [1.82, 2.24) is 4.90 Å². The van der Waals surface area contributed by atoms with Crippen LogP contribution in [0.1, 0.15) is 27.2 Å². The molecule has 2 rings (SSSR count). The molecule has 0 bridgehead atoms. The minimum absolute atomic E-state index is 0.00319. The van der Waals surface area contributed by atoms with Crippen LogP contribution >= 0.6 is 0 Å². The van der Waals surface area contributed by atoms with Crippen LogP contribution in [0.25, 0.3) is 0 Å². The number of allylic oxidation sites excluding steroid dienone is 2. The van der Waals surface area contributed by atoms with E-state index in [1.54, 1.807) is 0 Å². The topological polar surface area (TPSA) is 101 Å². The maximum absolute atomic E-state index is 9.77. The molecular weight excluding hydrogens is 286 g/mol. The van der Waals surface area contributed by atoms with Crippen molar-refractivity contribution in [2.45, 2.75) is 27.2 Å². The van der Waals surface area contributed by atoms with Gasteiger partial charge in [-0.25, -0.2) is 0 Å². The van der Waals surface area contributed by atoms with E-state index in [4.69, 9.17) is 5.73 Å². The molecule has 0 aromatic rings. The number of nitriles is 3. The highest BCUT2D eigenvalue weighted by molar-refractivity contribution is 5.56. The number of rotatable bonds is 3. The van der Waals surface area contributed by atoms with Gasteiger partial charge in [-0.2, -0.15) is 15.8 Å². The zero-order valence-electron chi connectivity index (χ0n) is 14.0. The summed E-state index contributed by atoms with van der Waals surface area (Å²) in [5.41, 5.74) is 6.16. The quantitative estimate of drug-likeness (QED) is 0.862. The monoisotopic (exact) mass is 309 g/mol. The Labute approximate surface area is 138 Å². The van der Waals surface area contributed by atoms with Crippen LogP contribution in [-0.4, -0.2) is 24.5 Å². The van der Waals surface area contributed by atoms with Gasteiger partial charge in [-0.15, -0.1) is 0 Å². The number of hydrogen-bond donors (Lipinski definition) is 1. The Morgan fingerprint density at radius 3 is 2.48 bits per heavy atom. The van der Waals surface area contributed by atoms with Crippen LogP contribution in [0, 0.1) is 57.2 Å². The van der Waals surface area contributed by atoms with E-state index in [9.17, 15) is 15.8 Å². The SMILES string of the molecule is CCCN1CC=C2C(C#N)=C(N)C(C#N)(C#N)C(C(C)C)C2C1. The highest BCUT2D eigenvalue weighted by atomic mass is 15.1. The van der Waals surface area contributed by atoms with Crippen molar-refractivity contribution in [1.29, 1.82) is 15.8 Å². The molecular formula is C18H23N5. The van der Waals surface area contributed by atoms with E-state index in [0.29, 0.717) is 5.57 Å². The standard InChI is InChI=1S/C18H23N5/c1-4-6-23-7-5-13-14(8-19)17(22)18(10-20,11-21)16(12(2)3)15(13)9-23/h5,12,15-16H,4,6-7,9,22H2,1-3H3. The molecule has 1 aliphatic heterocycles. The van der Waals surface area contributed by atoms with Gasteiger partial charge in [0.25, 0.3) is 0 Å². The van der Waals surface area contributed by atoms with Crippen LogP contribution < -0.4 is 5.73 Å². The fourth-order valence-corrected chi connectivity index (χ4v) is 4.14. The molecule has 1 heterocycles. The van der Waals surface area contributed by atoms with Crippen LogP contribution in [0.5, 0.6) is 0 Å². The number of nitrogens with two attached hydrogens (primary N) is 1. The summed E-state index contributed by atoms with van der Waals surface area (Å²) in [7, 11) is 0. The first-order valence-corrected chi connectivity index (χ1v) is 8.12. The van der Waals surface area contributed by atoms with E-state index in [-0.39, 0.29) is 23.5 Å². The van der Waals surface area contributed by atoms with Crippen molar-refractivity contribution >= 4 is 0 Å². The van der Waals surface area contributed by atoms with Crippen LogP contribution in [0.15, 0.2) is 22.9 Å². The number of nitrogens with zero attached hydrogens (tertiary/aromatic N) is 4. The summed E-state index contributed by atoms with van der Waals surface area (Å²) in [6.45, 7) is 8.71. The molecule has 0 amide bonds. The summed E-state index contributed by atoms with van der Waals surface area (Å²) in [4.78, 5) is 2.32. The first-order chi connectivity index (χ1) is 11.0. The van der Waals surface area contributed by atoms with Gasteiger partial charge >= 0.3 is 0 Å². The third-order valence-corrected chi connectivity index (χ3v) is 5.06. The van der Waals surface area contributed by atoms with E-state index in [0.717, 1.165) is 31.6 Å². The third kappa shape index (κ3) is 2.50. The van der Waals surface area contributed by atoms with Crippen molar-refractivity contribution in [3.05, 3.63) is 22.9 Å². The Kier molecular flexibility index (Phi) is 4.79. The lowest BCUT2D eigenvalue weighted by Gasteiger charge is -2.47. The fraction of sp³-hybridized carbons (Fsp3) is 0.611. The Morgan fingerprint density at radius 2 is 2.00 bits per heavy atom. The van der Waals surface area contributed by atoms with E-state index in [2.05, 4.69) is 36.1 Å². The zero-order chi connectivity index (χ0) is 17.2. The predicted molar refractivity (Wildman–Crippen MR) is 87.1 cm³/mol. The normalized spacial score (nSPS) is 26.7. The van der Waals surface area contributed by atoms with Gasteiger partial charge in [-0.1, -0.05) is 26.8 Å². The van der Waals surface area contributed by atoms with Crippen molar-refractivity contribution in [3.8, 4) is 18.2 Å². The highest BCUT2D eigenvalue weighted by Gasteiger charge is 2.54. The lowest BCUT2D eigenvalue weighted by molar-refractivity contribution is 0.131. The maximum Gasteiger partial charge on any atom is 0.187 e. The third-order valence-electron chi connectivity index (χ3n) is 5.06. The van der Waals surface area contributed by atoms with Gasteiger partial charge in [-0.3, -0.25) is 4.90 Å². The Morgan fingerprint density at radius 1 is 1.35 bits per heavy atom. The highest BCUT2D eigenvalue weighted by Crippen LogP contribution is 2.51. The first-order valence-electron chi connectivity index (χ1n) is 8.12. The largest absolute Gasteiger partial charge is 0.399 e. The molecule has 0 aromatic carbocycles. The molecule has 0 spiro atoms. The minimum Gasteiger partial charge on any atom is -0.399 e. The molecule has 0 fully saturated rings. The van der Waals surface area contributed by atoms with Crippen molar-refractivity contribution < 1.29 is 0 Å². The van der Waals surface area contributed by atoms with Crippen LogP contribution in [0.3, 0.4) is 0 Å². The molecule has 2 aliphatic rings. The predicted octanol–water partition coefficient (Wildman–Crippen LogP) is 2.31. The molecule has 120 valence electrons. The van der Waals surface area contributed by atoms with Crippen LogP contribution in [0.2, 0.25) is 0 Å². The Hall–Kier alpha value is -2.29. The molecule has 0 aromatic heterocycles. The Bertz CT molecular complexity index is 651. The van der Waals surface area contributed by atoms with Gasteiger partial charge < -0.3 is 5.73 Å². The lowest BCUT2D eigenvalue weighted by atomic mass is 9.57. The fourth-order valence-electron chi connectivity index (χ4n) is 4.14. The molecule has 0 saturated heterocycles. The van der Waals surface area contributed by atoms with E-state index < -0.39 is 5.41 Å². The summed E-state index contributed by atoms with van der Waals surface area (Å²) in [5.74, 6) is -0.0971. The van der Waals surface area contributed by atoms with Crippen molar-refractivity contribution in [3.63, 3.8) is 0 Å². The average Bonchev–Trinajstić information content (AvgIpc) is 2.54. The lowest BCUT2D eigenvalue weighted by Crippen LogP contribution is -2.51. The van der Waals surface area contributed by atoms with Gasteiger partial charge in [0.2, 0.25) is 0 Å². The van der Waals surface area contributed by atoms with Gasteiger partial charge in [-0.05, 0) is 24.5 Å². The minimum atomic E-state index is -1.42. The zero-order valence-corrected chi connectivity index (χ0v) is 14.0. The molecule has 0 saturated carbocycles. The molecule has 0 radical (unpaired) electrons. The van der Waals surface area contributed by atoms with Gasteiger partial charge in [0, 0.05) is 24.9 Å². The Balaban J connectivity index is 2.66. The number of fused-ring (bicyclic) bond motifs is 1. The van der Waals surface area contributed by atoms with Crippen molar-refractivity contribution in [2.75, 3.05) is 19.6 Å². The summed E-state index contributed by atoms with van der Waals surface area (Å²) in [6, 6.07) is 6.45. The summed E-state index contributed by atoms with van der Waals surface area (Å²) < 4.78 is 0. The molecule has 5 nitrogen and oxygen atoms in total. The van der Waals surface area contributed by atoms with Gasteiger partial charge in [0.1, 0.15) is 6.07 Å². The second-order valence-corrected chi connectivity index (χ2v) is 6.73. The molecule has 23 heavy (non-hydrogen) atoms. The van der Waals surface area contributed by atoms with Crippen molar-refractivity contribution in [2.24, 2.45) is 28.9 Å². The molecule has 5 heteroatoms. The van der Waals surface area contributed by atoms with E-state index in [1.807, 2.05) is 13.8 Å². The maximum atomic E-state index is 9.77. The van der Waals surface area contributed by atoms with Crippen LogP contribution in [-0.2, 0) is 0 Å². The van der Waals surface area contributed by atoms with Gasteiger partial charge in [0.05, 0.1) is 23.4 Å². The molecule has 2 atom stereocenters. The average molecular weight is 309 g/mol. The molecule has 1 aliphatic carbocycles. The van der Waals surface area contributed by atoms with E-state index >= 15 is 0 Å². The summed E-state index contributed by atoms with van der Waals surface area (Å²) in [5, 5.41) is 29.1. The molecule has 2 unspecified atom stereocenters. The first kappa shape index (κ1) is 17.1. The van der Waals surface area contributed by atoms with Crippen LogP contribution in [0.4, 0.5) is 0 Å². The number of hydrogen-bond acceptors (Lipinski definition) is 5. The molecule has 2 N–H and O–H groups in total. The second-order valence-electron chi connectivity index (χ2n) is 6.73. The van der Waals surface area contributed by atoms with E-state index in [1.165, 1.54) is 0 Å². The second kappa shape index (κ2) is 6.45. The summed E-state index contributed by atoms with van der Waals surface area (Å²) >= 11 is 0. The summed E-state index contributed by atoms with van der Waals surface area (Å²) in [6.07, 6.45) is 3.11.